The van der Waals surface area contributed by atoms with Crippen LogP contribution >= 0.6 is 11.8 Å². The number of methoxy groups -OCH3 is 3. The first kappa shape index (κ1) is 22.7. The monoisotopic (exact) mass is 443 g/mol. The van der Waals surface area contributed by atoms with Crippen LogP contribution in [0.25, 0.3) is 17.0 Å². The average molecular weight is 444 g/mol. The average Bonchev–Trinajstić information content (AvgIpc) is 3.27. The molecule has 164 valence electrons. The van der Waals surface area contributed by atoms with Gasteiger partial charge in [-0.15, -0.1) is 11.8 Å². The van der Waals surface area contributed by atoms with Crippen LogP contribution < -0.4 is 14.2 Å². The number of aliphatic hydroxyl groups excluding tert-OH is 2. The molecule has 0 aliphatic heterocycles. The lowest BCUT2D eigenvalue weighted by Crippen LogP contribution is -2.16. The number of ketones is 1. The molecular weight excluding hydrogens is 418 g/mol. The van der Waals surface area contributed by atoms with Gasteiger partial charge in [0.2, 0.25) is 5.75 Å². The number of hydrogen-bond donors (Lipinski definition) is 3. The standard InChI is InChI=1S/C23H25NO6S/c1-28-19-10-16(11-20(29-2)23(19)30-3)22(27)21(31-13-17(26)12-25)9-14-4-5-18-15(8-14)6-7-24-18/h4-11,17,24-26H,12-13H2,1-3H3/b21-9-. The Balaban J connectivity index is 2.03. The fourth-order valence-electron chi connectivity index (χ4n) is 3.08. The predicted molar refractivity (Wildman–Crippen MR) is 122 cm³/mol. The summed E-state index contributed by atoms with van der Waals surface area (Å²) in [6.45, 7) is -0.381. The smallest absolute Gasteiger partial charge is 0.203 e. The Morgan fingerprint density at radius 3 is 2.42 bits per heavy atom. The van der Waals surface area contributed by atoms with Crippen molar-refractivity contribution in [2.45, 2.75) is 6.10 Å². The van der Waals surface area contributed by atoms with E-state index in [2.05, 4.69) is 4.98 Å². The third-order valence-corrected chi connectivity index (χ3v) is 5.83. The molecule has 0 spiro atoms. The summed E-state index contributed by atoms with van der Waals surface area (Å²) >= 11 is 1.18. The SMILES string of the molecule is COc1cc(C(=O)/C(=C/c2ccc3[nH]ccc3c2)SCC(O)CO)cc(OC)c1OC. The zero-order valence-corrected chi connectivity index (χ0v) is 18.4. The summed E-state index contributed by atoms with van der Waals surface area (Å²) in [6, 6.07) is 11.0. The van der Waals surface area contributed by atoms with Gasteiger partial charge in [-0.2, -0.15) is 0 Å². The van der Waals surface area contributed by atoms with Gasteiger partial charge in [0.15, 0.2) is 17.3 Å². The van der Waals surface area contributed by atoms with Crippen LogP contribution in [0, 0.1) is 0 Å². The summed E-state index contributed by atoms with van der Waals surface area (Å²) in [5.74, 6) is 1.06. The first-order valence-corrected chi connectivity index (χ1v) is 10.5. The Labute approximate surface area is 184 Å². The molecule has 1 aromatic heterocycles. The number of aromatic nitrogens is 1. The molecule has 0 bridgehead atoms. The fourth-order valence-corrected chi connectivity index (χ4v) is 4.02. The van der Waals surface area contributed by atoms with Gasteiger partial charge in [-0.3, -0.25) is 4.79 Å². The van der Waals surface area contributed by atoms with Gasteiger partial charge in [0.05, 0.1) is 38.9 Å². The van der Waals surface area contributed by atoms with Crippen LogP contribution in [-0.4, -0.2) is 60.8 Å². The summed E-state index contributed by atoms with van der Waals surface area (Å²) < 4.78 is 16.1. The summed E-state index contributed by atoms with van der Waals surface area (Å²) in [5, 5.41) is 20.0. The molecule has 3 N–H and O–H groups in total. The highest BCUT2D eigenvalue weighted by Gasteiger charge is 2.21. The molecule has 3 aromatic rings. The number of carbonyl (C=O) groups excluding carboxylic acids is 1. The number of Topliss-reactive ketones (excluding diaryl/α,β-unsaturated/α-hetero) is 1. The number of hydrogen-bond acceptors (Lipinski definition) is 7. The van der Waals surface area contributed by atoms with Gasteiger partial charge >= 0.3 is 0 Å². The number of fused-ring (bicyclic) bond motifs is 1. The minimum Gasteiger partial charge on any atom is -0.493 e. The number of H-pyrrole nitrogens is 1. The highest BCUT2D eigenvalue weighted by Crippen LogP contribution is 2.39. The zero-order valence-electron chi connectivity index (χ0n) is 17.5. The predicted octanol–water partition coefficient (Wildman–Crippen LogP) is 3.50. The number of carbonyl (C=O) groups is 1. The van der Waals surface area contributed by atoms with E-state index < -0.39 is 6.10 Å². The Bertz CT molecular complexity index is 1070. The maximum atomic E-state index is 13.4. The summed E-state index contributed by atoms with van der Waals surface area (Å²) in [4.78, 5) is 17.0. The van der Waals surface area contributed by atoms with Gasteiger partial charge in [0.25, 0.3) is 0 Å². The van der Waals surface area contributed by atoms with E-state index in [9.17, 15) is 9.90 Å². The second-order valence-electron chi connectivity index (χ2n) is 6.72. The van der Waals surface area contributed by atoms with E-state index in [0.29, 0.717) is 27.7 Å². The van der Waals surface area contributed by atoms with E-state index in [0.717, 1.165) is 16.5 Å². The highest BCUT2D eigenvalue weighted by atomic mass is 32.2. The molecule has 8 heteroatoms. The van der Waals surface area contributed by atoms with Crippen LogP contribution in [0.4, 0.5) is 0 Å². The van der Waals surface area contributed by atoms with Crippen molar-refractivity contribution in [1.29, 1.82) is 0 Å². The molecule has 0 amide bonds. The second kappa shape index (κ2) is 10.4. The van der Waals surface area contributed by atoms with Crippen molar-refractivity contribution in [2.75, 3.05) is 33.7 Å². The fraction of sp³-hybridized carbons (Fsp3) is 0.261. The lowest BCUT2D eigenvalue weighted by Gasteiger charge is -2.15. The van der Waals surface area contributed by atoms with Crippen molar-refractivity contribution in [3.63, 3.8) is 0 Å². The molecule has 2 aromatic carbocycles. The third kappa shape index (κ3) is 5.22. The molecule has 3 rings (SSSR count). The summed E-state index contributed by atoms with van der Waals surface area (Å²) in [7, 11) is 4.47. The topological polar surface area (TPSA) is 101 Å². The third-order valence-electron chi connectivity index (χ3n) is 4.67. The van der Waals surface area contributed by atoms with Gasteiger partial charge < -0.3 is 29.4 Å². The highest BCUT2D eigenvalue weighted by molar-refractivity contribution is 8.04. The maximum Gasteiger partial charge on any atom is 0.203 e. The van der Waals surface area contributed by atoms with E-state index in [1.54, 1.807) is 18.2 Å². The minimum atomic E-state index is -0.937. The number of benzene rings is 2. The lowest BCUT2D eigenvalue weighted by atomic mass is 10.1. The summed E-state index contributed by atoms with van der Waals surface area (Å²) in [6.07, 6.45) is 2.69. The van der Waals surface area contributed by atoms with Gasteiger partial charge in [0, 0.05) is 23.0 Å². The number of rotatable bonds is 10. The van der Waals surface area contributed by atoms with Crippen LogP contribution in [0.15, 0.2) is 47.5 Å². The normalized spacial score (nSPS) is 12.6. The largest absolute Gasteiger partial charge is 0.493 e. The van der Waals surface area contributed by atoms with E-state index in [1.807, 2.05) is 30.5 Å². The number of nitrogens with one attached hydrogen (secondary N) is 1. The van der Waals surface area contributed by atoms with E-state index in [4.69, 9.17) is 19.3 Å². The van der Waals surface area contributed by atoms with Crippen molar-refractivity contribution in [1.82, 2.24) is 4.98 Å². The zero-order chi connectivity index (χ0) is 22.4. The molecule has 0 fully saturated rings. The molecule has 0 aliphatic rings. The van der Waals surface area contributed by atoms with Gasteiger partial charge in [-0.05, 0) is 47.4 Å². The molecule has 31 heavy (non-hydrogen) atoms. The van der Waals surface area contributed by atoms with Crippen LogP contribution in [0.3, 0.4) is 0 Å². The minimum absolute atomic E-state index is 0.172. The van der Waals surface area contributed by atoms with E-state index in [1.165, 1.54) is 33.1 Å². The molecule has 1 unspecified atom stereocenters. The maximum absolute atomic E-state index is 13.4. The number of aromatic amines is 1. The molecule has 0 radical (unpaired) electrons. The number of thioether (sulfide) groups is 1. The Hall–Kier alpha value is -2.94. The summed E-state index contributed by atoms with van der Waals surface area (Å²) in [5.41, 5.74) is 2.20. The van der Waals surface area contributed by atoms with Gasteiger partial charge in [-0.1, -0.05) is 6.07 Å². The van der Waals surface area contributed by atoms with Crippen molar-refractivity contribution < 1.29 is 29.2 Å². The van der Waals surface area contributed by atoms with E-state index >= 15 is 0 Å². The Kier molecular flexibility index (Phi) is 7.62. The van der Waals surface area contributed by atoms with Gasteiger partial charge in [0.1, 0.15) is 0 Å². The quantitative estimate of drug-likeness (QED) is 0.326. The Morgan fingerprint density at radius 1 is 1.10 bits per heavy atom. The number of aliphatic hydroxyl groups is 2. The first-order valence-electron chi connectivity index (χ1n) is 9.56. The molecule has 0 aliphatic carbocycles. The van der Waals surface area contributed by atoms with Crippen molar-refractivity contribution in [3.8, 4) is 17.2 Å². The lowest BCUT2D eigenvalue weighted by molar-refractivity contribution is 0.104. The Morgan fingerprint density at radius 2 is 1.81 bits per heavy atom. The molecule has 0 saturated heterocycles. The first-order chi connectivity index (χ1) is 15.0. The molecule has 1 heterocycles. The molecule has 7 nitrogen and oxygen atoms in total. The van der Waals surface area contributed by atoms with Crippen LogP contribution in [0.2, 0.25) is 0 Å². The second-order valence-corrected chi connectivity index (χ2v) is 7.79. The van der Waals surface area contributed by atoms with Crippen LogP contribution in [0.5, 0.6) is 17.2 Å². The van der Waals surface area contributed by atoms with Crippen molar-refractivity contribution >= 4 is 34.5 Å². The van der Waals surface area contributed by atoms with Gasteiger partial charge in [-0.25, -0.2) is 0 Å². The number of ether oxygens (including phenoxy) is 3. The molecule has 1 atom stereocenters. The van der Waals surface area contributed by atoms with Crippen LogP contribution in [0.1, 0.15) is 15.9 Å². The van der Waals surface area contributed by atoms with Crippen LogP contribution in [-0.2, 0) is 0 Å². The van der Waals surface area contributed by atoms with Crippen molar-refractivity contribution in [3.05, 3.63) is 58.6 Å². The number of allylic oxidation sites excluding steroid dienone is 1. The van der Waals surface area contributed by atoms with E-state index in [-0.39, 0.29) is 18.1 Å². The van der Waals surface area contributed by atoms with Crippen molar-refractivity contribution in [2.24, 2.45) is 0 Å². The molecular formula is C23H25NO6S. The molecule has 0 saturated carbocycles.